The highest BCUT2D eigenvalue weighted by Gasteiger charge is 2.27. The van der Waals surface area contributed by atoms with Crippen molar-refractivity contribution < 1.29 is 19.4 Å². The molecule has 0 fully saturated rings. The number of carbonyl (C=O) groups is 1. The second kappa shape index (κ2) is 6.33. The summed E-state index contributed by atoms with van der Waals surface area (Å²) in [5.41, 5.74) is 7.01. The summed E-state index contributed by atoms with van der Waals surface area (Å²) in [5.74, 6) is -0.689. The molecule has 0 aromatic heterocycles. The highest BCUT2D eigenvalue weighted by Crippen LogP contribution is 2.43. The maximum atomic E-state index is 11.4. The van der Waals surface area contributed by atoms with Crippen LogP contribution in [0.1, 0.15) is 30.4 Å². The Morgan fingerprint density at radius 1 is 1.45 bits per heavy atom. The van der Waals surface area contributed by atoms with Crippen LogP contribution >= 0.6 is 11.6 Å². The summed E-state index contributed by atoms with van der Waals surface area (Å²) in [5, 5.41) is 9.67. The van der Waals surface area contributed by atoms with Gasteiger partial charge >= 0.3 is 5.97 Å². The van der Waals surface area contributed by atoms with E-state index in [4.69, 9.17) is 26.8 Å². The molecule has 6 heteroatoms. The molecule has 20 heavy (non-hydrogen) atoms. The van der Waals surface area contributed by atoms with E-state index in [1.165, 1.54) is 0 Å². The molecule has 1 aromatic rings. The molecule has 1 atom stereocenters. The van der Waals surface area contributed by atoms with E-state index in [-0.39, 0.29) is 6.54 Å². The largest absolute Gasteiger partial charge is 0.489 e. The summed E-state index contributed by atoms with van der Waals surface area (Å²) >= 11 is 6.22. The molecule has 2 rings (SSSR count). The summed E-state index contributed by atoms with van der Waals surface area (Å²) in [6.07, 6.45) is 1.39. The fourth-order valence-corrected chi connectivity index (χ4v) is 2.65. The standard InChI is InChI=1S/C14H18ClNO4/c1-2-8-9(10(7-16)14(17)18)6-11(15)13-12(8)19-4-3-5-20-13/h6,10H,2-5,7,16H2,1H3,(H,17,18). The molecule has 0 radical (unpaired) electrons. The van der Waals surface area contributed by atoms with Crippen molar-refractivity contribution in [3.05, 3.63) is 22.2 Å². The first-order valence-electron chi connectivity index (χ1n) is 6.63. The Bertz CT molecular complexity index is 518. The van der Waals surface area contributed by atoms with Gasteiger partial charge in [-0.25, -0.2) is 0 Å². The molecule has 0 amide bonds. The van der Waals surface area contributed by atoms with Gasteiger partial charge in [0.1, 0.15) is 0 Å². The molecule has 110 valence electrons. The third-order valence-electron chi connectivity index (χ3n) is 3.37. The minimum absolute atomic E-state index is 0.0122. The molecule has 0 saturated heterocycles. The Balaban J connectivity index is 2.61. The monoisotopic (exact) mass is 299 g/mol. The Labute approximate surface area is 122 Å². The van der Waals surface area contributed by atoms with Crippen LogP contribution in [0.2, 0.25) is 5.02 Å². The summed E-state index contributed by atoms with van der Waals surface area (Å²) < 4.78 is 11.3. The zero-order chi connectivity index (χ0) is 14.7. The van der Waals surface area contributed by atoms with Gasteiger partial charge in [0.2, 0.25) is 0 Å². The Kier molecular flexibility index (Phi) is 4.73. The lowest BCUT2D eigenvalue weighted by Crippen LogP contribution is -2.22. The molecular formula is C14H18ClNO4. The molecule has 1 aliphatic heterocycles. The molecular weight excluding hydrogens is 282 g/mol. The van der Waals surface area contributed by atoms with Crippen LogP contribution in [0, 0.1) is 0 Å². The van der Waals surface area contributed by atoms with E-state index >= 15 is 0 Å². The van der Waals surface area contributed by atoms with Crippen molar-refractivity contribution in [2.75, 3.05) is 19.8 Å². The number of benzene rings is 1. The molecule has 3 N–H and O–H groups in total. The summed E-state index contributed by atoms with van der Waals surface area (Å²) in [6.45, 7) is 3.02. The molecule has 5 nitrogen and oxygen atoms in total. The van der Waals surface area contributed by atoms with Crippen LogP contribution < -0.4 is 15.2 Å². The van der Waals surface area contributed by atoms with Crippen LogP contribution in [0.5, 0.6) is 11.5 Å². The third-order valence-corrected chi connectivity index (χ3v) is 3.65. The number of aliphatic carboxylic acids is 1. The van der Waals surface area contributed by atoms with Crippen LogP contribution in [0.4, 0.5) is 0 Å². The first kappa shape index (κ1) is 14.9. The maximum absolute atomic E-state index is 11.4. The van der Waals surface area contributed by atoms with Crippen molar-refractivity contribution in [1.82, 2.24) is 0 Å². The second-order valence-corrected chi connectivity index (χ2v) is 5.02. The summed E-state index contributed by atoms with van der Waals surface area (Å²) in [7, 11) is 0. The average molecular weight is 300 g/mol. The van der Waals surface area contributed by atoms with Crippen molar-refractivity contribution in [1.29, 1.82) is 0 Å². The Morgan fingerprint density at radius 2 is 2.10 bits per heavy atom. The van der Waals surface area contributed by atoms with Gasteiger partial charge in [-0.05, 0) is 18.1 Å². The second-order valence-electron chi connectivity index (χ2n) is 4.61. The molecule has 0 bridgehead atoms. The van der Waals surface area contributed by atoms with E-state index in [0.717, 1.165) is 12.0 Å². The fraction of sp³-hybridized carbons (Fsp3) is 0.500. The highest BCUT2D eigenvalue weighted by molar-refractivity contribution is 6.32. The molecule has 1 aliphatic rings. The Hall–Kier alpha value is -1.46. The van der Waals surface area contributed by atoms with Crippen LogP contribution in [-0.4, -0.2) is 30.8 Å². The number of carboxylic acids is 1. The van der Waals surface area contributed by atoms with Gasteiger partial charge in [0.25, 0.3) is 0 Å². The molecule has 1 aromatic carbocycles. The number of hydrogen-bond acceptors (Lipinski definition) is 4. The highest BCUT2D eigenvalue weighted by atomic mass is 35.5. The first-order valence-corrected chi connectivity index (χ1v) is 7.01. The van der Waals surface area contributed by atoms with Crippen molar-refractivity contribution in [2.45, 2.75) is 25.7 Å². The average Bonchev–Trinajstić information content (AvgIpc) is 2.65. The van der Waals surface area contributed by atoms with Gasteiger partial charge in [0.05, 0.1) is 24.2 Å². The number of rotatable bonds is 4. The number of carboxylic acid groups (broad SMARTS) is 1. The van der Waals surface area contributed by atoms with Gasteiger partial charge in [-0.3, -0.25) is 4.79 Å². The van der Waals surface area contributed by atoms with E-state index < -0.39 is 11.9 Å². The van der Waals surface area contributed by atoms with Gasteiger partial charge in [0.15, 0.2) is 11.5 Å². The van der Waals surface area contributed by atoms with Gasteiger partial charge in [0, 0.05) is 18.5 Å². The van der Waals surface area contributed by atoms with E-state index in [0.29, 0.717) is 41.7 Å². The van der Waals surface area contributed by atoms with E-state index in [9.17, 15) is 9.90 Å². The van der Waals surface area contributed by atoms with Crippen molar-refractivity contribution in [3.8, 4) is 11.5 Å². The molecule has 1 unspecified atom stereocenters. The van der Waals surface area contributed by atoms with Crippen molar-refractivity contribution in [3.63, 3.8) is 0 Å². The molecule has 0 spiro atoms. The summed E-state index contributed by atoms with van der Waals surface area (Å²) in [6, 6.07) is 1.64. The minimum Gasteiger partial charge on any atom is -0.489 e. The maximum Gasteiger partial charge on any atom is 0.312 e. The van der Waals surface area contributed by atoms with Crippen LogP contribution in [0.25, 0.3) is 0 Å². The van der Waals surface area contributed by atoms with Crippen molar-refractivity contribution in [2.24, 2.45) is 5.73 Å². The van der Waals surface area contributed by atoms with E-state index in [2.05, 4.69) is 0 Å². The zero-order valence-corrected chi connectivity index (χ0v) is 12.1. The van der Waals surface area contributed by atoms with E-state index in [1.54, 1.807) is 6.07 Å². The normalized spacial score (nSPS) is 15.6. The lowest BCUT2D eigenvalue weighted by molar-refractivity contribution is -0.138. The van der Waals surface area contributed by atoms with Crippen LogP contribution in [0.15, 0.2) is 6.07 Å². The lowest BCUT2D eigenvalue weighted by atomic mass is 9.92. The number of hydrogen-bond donors (Lipinski definition) is 2. The third kappa shape index (κ3) is 2.69. The van der Waals surface area contributed by atoms with Crippen LogP contribution in [0.3, 0.4) is 0 Å². The lowest BCUT2D eigenvalue weighted by Gasteiger charge is -2.20. The van der Waals surface area contributed by atoms with Crippen molar-refractivity contribution >= 4 is 17.6 Å². The quantitative estimate of drug-likeness (QED) is 0.890. The zero-order valence-electron chi connectivity index (χ0n) is 11.3. The minimum atomic E-state index is -0.965. The smallest absolute Gasteiger partial charge is 0.312 e. The molecule has 1 heterocycles. The van der Waals surface area contributed by atoms with Gasteiger partial charge in [-0.2, -0.15) is 0 Å². The van der Waals surface area contributed by atoms with Gasteiger partial charge in [-0.15, -0.1) is 0 Å². The number of nitrogens with two attached hydrogens (primary N) is 1. The first-order chi connectivity index (χ1) is 9.60. The molecule has 0 saturated carbocycles. The summed E-state index contributed by atoms with van der Waals surface area (Å²) in [4.78, 5) is 11.4. The topological polar surface area (TPSA) is 81.8 Å². The predicted octanol–water partition coefficient (Wildman–Crippen LogP) is 2.19. The number of fused-ring (bicyclic) bond motifs is 1. The fourth-order valence-electron chi connectivity index (χ4n) is 2.40. The van der Waals surface area contributed by atoms with Gasteiger partial charge in [-0.1, -0.05) is 18.5 Å². The SMILES string of the molecule is CCc1c(C(CN)C(=O)O)cc(Cl)c2c1OCCCO2. The number of halogens is 1. The Morgan fingerprint density at radius 3 is 2.65 bits per heavy atom. The molecule has 0 aliphatic carbocycles. The van der Waals surface area contributed by atoms with Crippen LogP contribution in [-0.2, 0) is 11.2 Å². The predicted molar refractivity (Wildman–Crippen MR) is 75.9 cm³/mol. The number of ether oxygens (including phenoxy) is 2. The van der Waals surface area contributed by atoms with Gasteiger partial charge < -0.3 is 20.3 Å². The van der Waals surface area contributed by atoms with E-state index in [1.807, 2.05) is 6.92 Å².